The number of thioether (sulfide) groups is 1. The average molecular weight is 496 g/mol. The number of halogens is 2. The Hall–Kier alpha value is -1.69. The largest absolute Gasteiger partial charge is 0.354 e. The number of carbonyl (C=O) groups is 2. The van der Waals surface area contributed by atoms with Gasteiger partial charge in [-0.15, -0.1) is 11.8 Å². The van der Waals surface area contributed by atoms with Gasteiger partial charge in [0.2, 0.25) is 11.8 Å². The molecule has 4 nitrogen and oxygen atoms in total. The molecule has 0 unspecified atom stereocenters. The summed E-state index contributed by atoms with van der Waals surface area (Å²) in [6, 6.07) is 12.9. The number of carbonyl (C=O) groups excluding carboxylic acids is 2. The number of aryl methyl sites for hydroxylation is 1. The second-order valence-electron chi connectivity index (χ2n) is 8.26. The Morgan fingerprint density at radius 2 is 1.69 bits per heavy atom. The third-order valence-corrected chi connectivity index (χ3v) is 6.77. The van der Waals surface area contributed by atoms with Crippen LogP contribution in [-0.4, -0.2) is 35.1 Å². The summed E-state index contributed by atoms with van der Waals surface area (Å²) in [5.74, 6) is 1.06. The number of benzene rings is 2. The SMILES string of the molecule is CC[C@@H](C(=O)NCC(C)C)N(Cc1c(Cl)cccc1Cl)C(=O)CSCc1ccc(C)cc1. The summed E-state index contributed by atoms with van der Waals surface area (Å²) in [6.45, 7) is 8.79. The quantitative estimate of drug-likeness (QED) is 0.409. The van der Waals surface area contributed by atoms with Crippen LogP contribution in [0.2, 0.25) is 10.0 Å². The number of hydrogen-bond acceptors (Lipinski definition) is 3. The molecule has 0 aromatic heterocycles. The fourth-order valence-corrected chi connectivity index (χ4v) is 4.61. The van der Waals surface area contributed by atoms with E-state index in [4.69, 9.17) is 23.2 Å². The zero-order valence-corrected chi connectivity index (χ0v) is 21.5. The molecule has 0 fully saturated rings. The highest BCUT2D eigenvalue weighted by Crippen LogP contribution is 2.27. The maximum atomic E-state index is 13.3. The van der Waals surface area contributed by atoms with Crippen molar-refractivity contribution in [2.75, 3.05) is 12.3 Å². The third-order valence-electron chi connectivity index (χ3n) is 5.08. The van der Waals surface area contributed by atoms with Crippen molar-refractivity contribution in [3.8, 4) is 0 Å². The average Bonchev–Trinajstić information content (AvgIpc) is 2.75. The smallest absolute Gasteiger partial charge is 0.242 e. The predicted molar refractivity (Wildman–Crippen MR) is 136 cm³/mol. The third kappa shape index (κ3) is 8.02. The van der Waals surface area contributed by atoms with Gasteiger partial charge in [-0.1, -0.05) is 79.9 Å². The van der Waals surface area contributed by atoms with Crippen molar-refractivity contribution in [2.24, 2.45) is 5.92 Å². The monoisotopic (exact) mass is 494 g/mol. The van der Waals surface area contributed by atoms with Gasteiger partial charge in [0.1, 0.15) is 6.04 Å². The van der Waals surface area contributed by atoms with E-state index in [9.17, 15) is 9.59 Å². The van der Waals surface area contributed by atoms with Gasteiger partial charge in [-0.05, 0) is 37.0 Å². The molecule has 2 aromatic carbocycles. The molecule has 2 amide bonds. The van der Waals surface area contributed by atoms with Crippen LogP contribution >= 0.6 is 35.0 Å². The lowest BCUT2D eigenvalue weighted by molar-refractivity contribution is -0.139. The van der Waals surface area contributed by atoms with Gasteiger partial charge in [0.25, 0.3) is 0 Å². The Morgan fingerprint density at radius 1 is 1.06 bits per heavy atom. The number of nitrogens with zero attached hydrogens (tertiary/aromatic N) is 1. The summed E-state index contributed by atoms with van der Waals surface area (Å²) in [5, 5.41) is 3.94. The molecule has 0 aliphatic rings. The highest BCUT2D eigenvalue weighted by Gasteiger charge is 2.29. The van der Waals surface area contributed by atoms with Crippen molar-refractivity contribution in [2.45, 2.75) is 52.5 Å². The van der Waals surface area contributed by atoms with Crippen molar-refractivity contribution in [1.82, 2.24) is 10.2 Å². The molecule has 0 saturated heterocycles. The molecule has 0 saturated carbocycles. The standard InChI is InChI=1S/C25H32Cl2N2O2S/c1-5-23(25(31)28-13-17(2)3)29(14-20-21(26)7-6-8-22(20)27)24(30)16-32-15-19-11-9-18(4)10-12-19/h6-12,17,23H,5,13-16H2,1-4H3,(H,28,31)/t23-/m0/s1. The van der Waals surface area contributed by atoms with Crippen LogP contribution in [0, 0.1) is 12.8 Å². The lowest BCUT2D eigenvalue weighted by Crippen LogP contribution is -2.50. The Balaban J connectivity index is 2.18. The summed E-state index contributed by atoms with van der Waals surface area (Å²) in [5.41, 5.74) is 3.02. The molecule has 1 atom stereocenters. The number of hydrogen-bond donors (Lipinski definition) is 1. The van der Waals surface area contributed by atoms with Crippen molar-refractivity contribution < 1.29 is 9.59 Å². The highest BCUT2D eigenvalue weighted by atomic mass is 35.5. The summed E-state index contributed by atoms with van der Waals surface area (Å²) in [4.78, 5) is 27.8. The molecule has 32 heavy (non-hydrogen) atoms. The molecule has 2 aromatic rings. The summed E-state index contributed by atoms with van der Waals surface area (Å²) in [6.07, 6.45) is 0.500. The van der Waals surface area contributed by atoms with Gasteiger partial charge in [0.15, 0.2) is 0 Å². The molecule has 7 heteroatoms. The Morgan fingerprint density at radius 3 is 2.25 bits per heavy atom. The lowest BCUT2D eigenvalue weighted by atomic mass is 10.1. The van der Waals surface area contributed by atoms with Crippen LogP contribution in [0.15, 0.2) is 42.5 Å². The van der Waals surface area contributed by atoms with Crippen LogP contribution in [0.4, 0.5) is 0 Å². The normalized spacial score (nSPS) is 12.0. The zero-order chi connectivity index (χ0) is 23.7. The first-order valence-corrected chi connectivity index (χ1v) is 12.8. The van der Waals surface area contributed by atoms with Gasteiger partial charge in [-0.3, -0.25) is 9.59 Å². The van der Waals surface area contributed by atoms with Crippen LogP contribution in [-0.2, 0) is 21.9 Å². The molecule has 0 aliphatic heterocycles. The molecular weight excluding hydrogens is 463 g/mol. The second-order valence-corrected chi connectivity index (χ2v) is 10.1. The molecule has 1 N–H and O–H groups in total. The molecule has 0 spiro atoms. The van der Waals surface area contributed by atoms with E-state index in [0.717, 1.165) is 11.3 Å². The topological polar surface area (TPSA) is 49.4 Å². The van der Waals surface area contributed by atoms with Crippen LogP contribution in [0.1, 0.15) is 43.9 Å². The first-order chi connectivity index (χ1) is 15.2. The fraction of sp³-hybridized carbons (Fsp3) is 0.440. The van der Waals surface area contributed by atoms with Gasteiger partial charge in [-0.25, -0.2) is 0 Å². The molecule has 0 aliphatic carbocycles. The molecular formula is C25H32Cl2N2O2S. The van der Waals surface area contributed by atoms with Crippen molar-refractivity contribution in [3.05, 3.63) is 69.2 Å². The van der Waals surface area contributed by atoms with E-state index in [1.54, 1.807) is 23.1 Å². The molecule has 2 rings (SSSR count). The fourth-order valence-electron chi connectivity index (χ4n) is 3.22. The minimum Gasteiger partial charge on any atom is -0.354 e. The molecule has 174 valence electrons. The van der Waals surface area contributed by atoms with Gasteiger partial charge in [-0.2, -0.15) is 0 Å². The predicted octanol–water partition coefficient (Wildman–Crippen LogP) is 6.11. The van der Waals surface area contributed by atoms with E-state index in [0.29, 0.717) is 34.5 Å². The van der Waals surface area contributed by atoms with E-state index in [-0.39, 0.29) is 24.1 Å². The molecule has 0 radical (unpaired) electrons. The van der Waals surface area contributed by atoms with Crippen LogP contribution in [0.5, 0.6) is 0 Å². The van der Waals surface area contributed by atoms with Crippen LogP contribution in [0.25, 0.3) is 0 Å². The number of nitrogens with one attached hydrogen (secondary N) is 1. The van der Waals surface area contributed by atoms with Gasteiger partial charge in [0, 0.05) is 34.5 Å². The van der Waals surface area contributed by atoms with Gasteiger partial charge < -0.3 is 10.2 Å². The van der Waals surface area contributed by atoms with E-state index in [2.05, 4.69) is 29.6 Å². The number of rotatable bonds is 11. The number of amides is 2. The Kier molecular flexibility index (Phi) is 10.9. The van der Waals surface area contributed by atoms with Crippen molar-refractivity contribution >= 4 is 46.8 Å². The van der Waals surface area contributed by atoms with Gasteiger partial charge in [0.05, 0.1) is 5.75 Å². The van der Waals surface area contributed by atoms with E-state index in [1.807, 2.05) is 27.7 Å². The molecule has 0 bridgehead atoms. The summed E-state index contributed by atoms with van der Waals surface area (Å²) < 4.78 is 0. The van der Waals surface area contributed by atoms with E-state index < -0.39 is 6.04 Å². The van der Waals surface area contributed by atoms with Crippen molar-refractivity contribution in [3.63, 3.8) is 0 Å². The molecule has 0 heterocycles. The van der Waals surface area contributed by atoms with Crippen molar-refractivity contribution in [1.29, 1.82) is 0 Å². The minimum absolute atomic E-state index is 0.107. The first-order valence-electron chi connectivity index (χ1n) is 10.9. The van der Waals surface area contributed by atoms with Crippen LogP contribution < -0.4 is 5.32 Å². The Labute approximate surface area is 206 Å². The first kappa shape index (κ1) is 26.6. The van der Waals surface area contributed by atoms with Gasteiger partial charge >= 0.3 is 0 Å². The maximum absolute atomic E-state index is 13.3. The minimum atomic E-state index is -0.589. The highest BCUT2D eigenvalue weighted by molar-refractivity contribution is 7.99. The summed E-state index contributed by atoms with van der Waals surface area (Å²) >= 11 is 14.3. The summed E-state index contributed by atoms with van der Waals surface area (Å²) in [7, 11) is 0. The zero-order valence-electron chi connectivity index (χ0n) is 19.2. The van der Waals surface area contributed by atoms with E-state index in [1.165, 1.54) is 17.3 Å². The Bertz CT molecular complexity index is 883. The van der Waals surface area contributed by atoms with Crippen LogP contribution in [0.3, 0.4) is 0 Å². The lowest BCUT2D eigenvalue weighted by Gasteiger charge is -2.31. The van der Waals surface area contributed by atoms with E-state index >= 15 is 0 Å². The maximum Gasteiger partial charge on any atom is 0.242 e. The second kappa shape index (κ2) is 13.1.